The Bertz CT molecular complexity index is 277. The molecule has 0 aromatic carbocycles. The van der Waals surface area contributed by atoms with Crippen LogP contribution in [0.5, 0.6) is 0 Å². The van der Waals surface area contributed by atoms with E-state index in [1.54, 1.807) is 20.9 Å². The van der Waals surface area contributed by atoms with Gasteiger partial charge < -0.3 is 10.0 Å². The third kappa shape index (κ3) is 4.58. The van der Waals surface area contributed by atoms with Crippen LogP contribution in [-0.4, -0.2) is 41.0 Å². The summed E-state index contributed by atoms with van der Waals surface area (Å²) in [5, 5.41) is 9.60. The van der Waals surface area contributed by atoms with Gasteiger partial charge in [-0.05, 0) is 26.7 Å². The molecular formula is C12H21F2NO2. The maximum absolute atomic E-state index is 12.9. The minimum absolute atomic E-state index is 0.136. The molecule has 1 fully saturated rings. The summed E-state index contributed by atoms with van der Waals surface area (Å²) in [5.74, 6) is -3.06. The molecule has 0 spiro atoms. The fourth-order valence-corrected chi connectivity index (χ4v) is 2.26. The summed E-state index contributed by atoms with van der Waals surface area (Å²) in [4.78, 5) is 13.4. The van der Waals surface area contributed by atoms with E-state index in [1.807, 2.05) is 0 Å². The summed E-state index contributed by atoms with van der Waals surface area (Å²) in [7, 11) is 1.60. The van der Waals surface area contributed by atoms with E-state index >= 15 is 0 Å². The minimum atomic E-state index is -2.61. The molecule has 1 aliphatic rings. The maximum atomic E-state index is 12.9. The first-order chi connectivity index (χ1) is 7.61. The standard InChI is InChI=1S/C12H21F2NO2/c1-11(2,17)8-15(3)10(16)9-4-6-12(13,14)7-5-9/h9,17H,4-8H2,1-3H3. The second-order valence-corrected chi connectivity index (χ2v) is 5.64. The van der Waals surface area contributed by atoms with Crippen molar-refractivity contribution in [2.75, 3.05) is 13.6 Å². The van der Waals surface area contributed by atoms with Crippen molar-refractivity contribution in [1.82, 2.24) is 4.90 Å². The van der Waals surface area contributed by atoms with Gasteiger partial charge >= 0.3 is 0 Å². The molecule has 0 radical (unpaired) electrons. The lowest BCUT2D eigenvalue weighted by Crippen LogP contribution is -2.43. The number of alkyl halides is 2. The van der Waals surface area contributed by atoms with E-state index in [4.69, 9.17) is 0 Å². The highest BCUT2D eigenvalue weighted by molar-refractivity contribution is 5.78. The molecule has 3 nitrogen and oxygen atoms in total. The summed E-state index contributed by atoms with van der Waals surface area (Å²) >= 11 is 0. The first-order valence-electron chi connectivity index (χ1n) is 5.96. The SMILES string of the molecule is CN(CC(C)(C)O)C(=O)C1CCC(F)(F)CC1. The highest BCUT2D eigenvalue weighted by Gasteiger charge is 2.38. The molecule has 17 heavy (non-hydrogen) atoms. The minimum Gasteiger partial charge on any atom is -0.389 e. The summed E-state index contributed by atoms with van der Waals surface area (Å²) in [5.41, 5.74) is -0.955. The number of hydrogen-bond donors (Lipinski definition) is 1. The fraction of sp³-hybridized carbons (Fsp3) is 0.917. The Hall–Kier alpha value is -0.710. The van der Waals surface area contributed by atoms with Gasteiger partial charge in [-0.25, -0.2) is 8.78 Å². The third-order valence-electron chi connectivity index (χ3n) is 3.07. The van der Waals surface area contributed by atoms with Crippen LogP contribution < -0.4 is 0 Å². The molecule has 0 bridgehead atoms. The van der Waals surface area contributed by atoms with Crippen LogP contribution in [0.4, 0.5) is 8.78 Å². The molecule has 0 atom stereocenters. The smallest absolute Gasteiger partial charge is 0.248 e. The summed E-state index contributed by atoms with van der Waals surface area (Å²) in [6.45, 7) is 3.45. The molecule has 0 heterocycles. The van der Waals surface area contributed by atoms with Crippen molar-refractivity contribution in [1.29, 1.82) is 0 Å². The highest BCUT2D eigenvalue weighted by atomic mass is 19.3. The van der Waals surface area contributed by atoms with Gasteiger partial charge in [0.2, 0.25) is 11.8 Å². The van der Waals surface area contributed by atoms with Crippen LogP contribution in [0, 0.1) is 5.92 Å². The molecule has 5 heteroatoms. The molecule has 0 unspecified atom stereocenters. The van der Waals surface area contributed by atoms with Gasteiger partial charge in [0.25, 0.3) is 0 Å². The quantitative estimate of drug-likeness (QED) is 0.831. The highest BCUT2D eigenvalue weighted by Crippen LogP contribution is 2.36. The molecule has 100 valence electrons. The molecule has 0 saturated heterocycles. The van der Waals surface area contributed by atoms with E-state index < -0.39 is 11.5 Å². The van der Waals surface area contributed by atoms with E-state index in [2.05, 4.69) is 0 Å². The van der Waals surface area contributed by atoms with Crippen LogP contribution in [-0.2, 0) is 4.79 Å². The number of hydrogen-bond acceptors (Lipinski definition) is 2. The lowest BCUT2D eigenvalue weighted by Gasteiger charge is -2.32. The van der Waals surface area contributed by atoms with Gasteiger partial charge in [0.05, 0.1) is 5.60 Å². The zero-order chi connectivity index (χ0) is 13.3. The third-order valence-corrected chi connectivity index (χ3v) is 3.07. The van der Waals surface area contributed by atoms with E-state index in [0.717, 1.165) is 0 Å². The number of rotatable bonds is 3. The van der Waals surface area contributed by atoms with Crippen molar-refractivity contribution in [3.63, 3.8) is 0 Å². The first-order valence-corrected chi connectivity index (χ1v) is 5.96. The Morgan fingerprint density at radius 2 is 1.88 bits per heavy atom. The van der Waals surface area contributed by atoms with Crippen LogP contribution in [0.25, 0.3) is 0 Å². The fourth-order valence-electron chi connectivity index (χ4n) is 2.26. The van der Waals surface area contributed by atoms with E-state index in [-0.39, 0.29) is 44.1 Å². The van der Waals surface area contributed by atoms with Crippen molar-refractivity contribution in [3.8, 4) is 0 Å². The number of halogens is 2. The molecular weight excluding hydrogens is 228 g/mol. The Morgan fingerprint density at radius 1 is 1.41 bits per heavy atom. The topological polar surface area (TPSA) is 40.5 Å². The zero-order valence-electron chi connectivity index (χ0n) is 10.7. The molecule has 0 aromatic heterocycles. The van der Waals surface area contributed by atoms with Gasteiger partial charge in [0.1, 0.15) is 0 Å². The van der Waals surface area contributed by atoms with Crippen molar-refractivity contribution in [2.24, 2.45) is 5.92 Å². The summed E-state index contributed by atoms with van der Waals surface area (Å²) < 4.78 is 25.9. The molecule has 1 N–H and O–H groups in total. The largest absolute Gasteiger partial charge is 0.389 e. The number of likely N-dealkylation sites (N-methyl/N-ethyl adjacent to an activating group) is 1. The van der Waals surface area contributed by atoms with Gasteiger partial charge in [-0.3, -0.25) is 4.79 Å². The summed E-state index contributed by atoms with van der Waals surface area (Å²) in [6.07, 6.45) is 0.0591. The Kier molecular flexibility index (Phi) is 4.12. The molecule has 1 amide bonds. The van der Waals surface area contributed by atoms with E-state index in [0.29, 0.717) is 0 Å². The molecule has 0 aliphatic heterocycles. The predicted octanol–water partition coefficient (Wildman–Crippen LogP) is 2.04. The lowest BCUT2D eigenvalue weighted by atomic mass is 9.86. The number of carbonyl (C=O) groups is 1. The van der Waals surface area contributed by atoms with Crippen LogP contribution in [0.3, 0.4) is 0 Å². The number of carbonyl (C=O) groups excluding carboxylic acids is 1. The van der Waals surface area contributed by atoms with Crippen molar-refractivity contribution < 1.29 is 18.7 Å². The Morgan fingerprint density at radius 3 is 2.29 bits per heavy atom. The normalized spacial score (nSPS) is 21.3. The maximum Gasteiger partial charge on any atom is 0.248 e. The van der Waals surface area contributed by atoms with Crippen molar-refractivity contribution >= 4 is 5.91 Å². The summed E-state index contributed by atoms with van der Waals surface area (Å²) in [6, 6.07) is 0. The number of amides is 1. The number of nitrogens with zero attached hydrogens (tertiary/aromatic N) is 1. The monoisotopic (exact) mass is 249 g/mol. The van der Waals surface area contributed by atoms with Crippen LogP contribution in [0.1, 0.15) is 39.5 Å². The van der Waals surface area contributed by atoms with Crippen molar-refractivity contribution in [2.45, 2.75) is 51.1 Å². The molecule has 1 rings (SSSR count). The van der Waals surface area contributed by atoms with Crippen LogP contribution in [0.2, 0.25) is 0 Å². The lowest BCUT2D eigenvalue weighted by molar-refractivity contribution is -0.141. The van der Waals surface area contributed by atoms with Crippen LogP contribution in [0.15, 0.2) is 0 Å². The van der Waals surface area contributed by atoms with Gasteiger partial charge in [-0.2, -0.15) is 0 Å². The second kappa shape index (κ2) is 4.88. The molecule has 1 saturated carbocycles. The predicted molar refractivity (Wildman–Crippen MR) is 60.8 cm³/mol. The van der Waals surface area contributed by atoms with Gasteiger partial charge in [0, 0.05) is 32.4 Å². The molecule has 0 aromatic rings. The van der Waals surface area contributed by atoms with Crippen LogP contribution >= 0.6 is 0 Å². The average Bonchev–Trinajstić information content (AvgIpc) is 2.14. The van der Waals surface area contributed by atoms with E-state index in [9.17, 15) is 18.7 Å². The first kappa shape index (κ1) is 14.4. The van der Waals surface area contributed by atoms with Crippen molar-refractivity contribution in [3.05, 3.63) is 0 Å². The Balaban J connectivity index is 2.49. The average molecular weight is 249 g/mol. The molecule has 1 aliphatic carbocycles. The second-order valence-electron chi connectivity index (χ2n) is 5.64. The number of aliphatic hydroxyl groups is 1. The van der Waals surface area contributed by atoms with Gasteiger partial charge in [0.15, 0.2) is 0 Å². The van der Waals surface area contributed by atoms with Gasteiger partial charge in [-0.1, -0.05) is 0 Å². The Labute approximate surface area is 101 Å². The zero-order valence-corrected chi connectivity index (χ0v) is 10.7. The van der Waals surface area contributed by atoms with E-state index in [1.165, 1.54) is 4.90 Å². The van der Waals surface area contributed by atoms with Gasteiger partial charge in [-0.15, -0.1) is 0 Å².